The lowest BCUT2D eigenvalue weighted by molar-refractivity contribution is -0.152. The number of esters is 1. The number of benzene rings is 1. The normalized spacial score (nSPS) is 17.4. The summed E-state index contributed by atoms with van der Waals surface area (Å²) in [5.74, 6) is 2.99. The minimum Gasteiger partial charge on any atom is -0.465 e. The maximum atomic E-state index is 12.6. The van der Waals surface area contributed by atoms with Gasteiger partial charge in [0.1, 0.15) is 23.2 Å². The molecule has 216 valence electrons. The van der Waals surface area contributed by atoms with Crippen LogP contribution in [0.2, 0.25) is 0 Å². The van der Waals surface area contributed by atoms with Gasteiger partial charge in [-0.25, -0.2) is 24.9 Å². The highest BCUT2D eigenvalue weighted by Gasteiger charge is 2.28. The summed E-state index contributed by atoms with van der Waals surface area (Å²) in [6.45, 7) is 6.97. The first-order chi connectivity index (χ1) is 20.6. The lowest BCUT2D eigenvalue weighted by Crippen LogP contribution is -2.45. The second-order valence-electron chi connectivity index (χ2n) is 11.1. The van der Waals surface area contributed by atoms with Crippen LogP contribution in [0.4, 0.5) is 11.6 Å². The number of nitrogens with one attached hydrogen (secondary N) is 2. The molecule has 0 radical (unpaired) electrons. The molecule has 0 aliphatic carbocycles. The van der Waals surface area contributed by atoms with Crippen molar-refractivity contribution in [1.29, 1.82) is 0 Å². The van der Waals surface area contributed by atoms with Gasteiger partial charge in [-0.3, -0.25) is 9.69 Å². The van der Waals surface area contributed by atoms with E-state index in [9.17, 15) is 4.79 Å². The van der Waals surface area contributed by atoms with Gasteiger partial charge in [0.05, 0.1) is 12.5 Å². The number of carbonyl (C=O) groups excluding carboxylic acids is 1. The molecule has 1 aromatic carbocycles. The predicted octanol–water partition coefficient (Wildman–Crippen LogP) is 3.95. The van der Waals surface area contributed by atoms with Crippen molar-refractivity contribution in [3.63, 3.8) is 0 Å². The fraction of sp³-hybridized carbons (Fsp3) is 0.375. The molecule has 2 N–H and O–H groups in total. The monoisotopic (exact) mass is 564 g/mol. The molecule has 4 aromatic rings. The van der Waals surface area contributed by atoms with E-state index in [0.29, 0.717) is 36.4 Å². The standard InChI is InChI=1S/C32H36N8O2/c1-22-4-2-6-27(36-22)31-35-14-12-29(39-31)37-28-11-13-34-30(38-28)16-23-7-9-24(10-8-23)19-40-15-3-5-26(20-40)32(41)42-21-25-17-33-18-25/h2,4,6-14,25-26,33H,3,5,15-21H2,1H3,(H,34,35,37,38,39)/t26-/m0/s1. The lowest BCUT2D eigenvalue weighted by atomic mass is 9.97. The van der Waals surface area contributed by atoms with Crippen LogP contribution in [0.3, 0.4) is 0 Å². The van der Waals surface area contributed by atoms with Gasteiger partial charge < -0.3 is 15.4 Å². The number of hydrogen-bond donors (Lipinski definition) is 2. The number of aromatic nitrogens is 5. The maximum absolute atomic E-state index is 12.6. The first kappa shape index (κ1) is 27.9. The van der Waals surface area contributed by atoms with E-state index >= 15 is 0 Å². The Kier molecular flexibility index (Phi) is 8.72. The highest BCUT2D eigenvalue weighted by atomic mass is 16.5. The Morgan fingerprint density at radius 1 is 0.976 bits per heavy atom. The van der Waals surface area contributed by atoms with Crippen LogP contribution in [-0.2, 0) is 22.5 Å². The number of aryl methyl sites for hydroxylation is 1. The van der Waals surface area contributed by atoms with Crippen LogP contribution < -0.4 is 10.6 Å². The Bertz CT molecular complexity index is 1510. The highest BCUT2D eigenvalue weighted by molar-refractivity contribution is 5.72. The zero-order valence-corrected chi connectivity index (χ0v) is 23.9. The third-order valence-electron chi connectivity index (χ3n) is 7.69. The van der Waals surface area contributed by atoms with E-state index < -0.39 is 0 Å². The number of carbonyl (C=O) groups is 1. The van der Waals surface area contributed by atoms with Crippen LogP contribution in [-0.4, -0.2) is 68.6 Å². The third kappa shape index (κ3) is 7.32. The molecule has 10 heteroatoms. The van der Waals surface area contributed by atoms with Gasteiger partial charge in [0.15, 0.2) is 5.82 Å². The number of hydrogen-bond acceptors (Lipinski definition) is 10. The first-order valence-electron chi connectivity index (χ1n) is 14.6. The third-order valence-corrected chi connectivity index (χ3v) is 7.69. The molecule has 2 fully saturated rings. The van der Waals surface area contributed by atoms with Crippen LogP contribution in [0.5, 0.6) is 0 Å². The van der Waals surface area contributed by atoms with Crippen molar-refractivity contribution in [2.45, 2.75) is 32.7 Å². The van der Waals surface area contributed by atoms with E-state index in [2.05, 4.69) is 59.7 Å². The summed E-state index contributed by atoms with van der Waals surface area (Å²) >= 11 is 0. The summed E-state index contributed by atoms with van der Waals surface area (Å²) in [6, 6.07) is 18.0. The molecule has 6 rings (SSSR count). The summed E-state index contributed by atoms with van der Waals surface area (Å²) in [5.41, 5.74) is 4.01. The van der Waals surface area contributed by atoms with Crippen molar-refractivity contribution >= 4 is 17.6 Å². The largest absolute Gasteiger partial charge is 0.465 e. The van der Waals surface area contributed by atoms with Gasteiger partial charge in [-0.2, -0.15) is 0 Å². The number of nitrogens with zero attached hydrogens (tertiary/aromatic N) is 6. The molecule has 10 nitrogen and oxygen atoms in total. The Hall–Kier alpha value is -4.28. The van der Waals surface area contributed by atoms with Crippen molar-refractivity contribution in [3.05, 3.63) is 89.6 Å². The van der Waals surface area contributed by atoms with E-state index in [0.717, 1.165) is 68.3 Å². The molecule has 2 saturated heterocycles. The fourth-order valence-corrected chi connectivity index (χ4v) is 5.28. The molecule has 42 heavy (non-hydrogen) atoms. The molecule has 0 spiro atoms. The second-order valence-corrected chi connectivity index (χ2v) is 11.1. The van der Waals surface area contributed by atoms with Gasteiger partial charge in [0.25, 0.3) is 0 Å². The van der Waals surface area contributed by atoms with E-state index in [1.165, 1.54) is 5.56 Å². The van der Waals surface area contributed by atoms with Crippen molar-refractivity contribution < 1.29 is 9.53 Å². The zero-order chi connectivity index (χ0) is 28.7. The van der Waals surface area contributed by atoms with Gasteiger partial charge >= 0.3 is 5.97 Å². The van der Waals surface area contributed by atoms with Gasteiger partial charge in [-0.15, -0.1) is 0 Å². The quantitative estimate of drug-likeness (QED) is 0.274. The molecular weight excluding hydrogens is 528 g/mol. The molecule has 2 aliphatic rings. The van der Waals surface area contributed by atoms with Crippen molar-refractivity contribution in [2.75, 3.05) is 38.1 Å². The molecule has 2 aliphatic heterocycles. The van der Waals surface area contributed by atoms with Crippen molar-refractivity contribution in [2.24, 2.45) is 11.8 Å². The molecule has 3 aromatic heterocycles. The number of pyridine rings is 1. The molecular formula is C32H36N8O2. The molecule has 1 atom stereocenters. The minimum atomic E-state index is -0.0397. The van der Waals surface area contributed by atoms with Gasteiger partial charge in [0, 0.05) is 56.6 Å². The van der Waals surface area contributed by atoms with Gasteiger partial charge in [-0.1, -0.05) is 30.3 Å². The molecule has 5 heterocycles. The summed E-state index contributed by atoms with van der Waals surface area (Å²) in [7, 11) is 0. The summed E-state index contributed by atoms with van der Waals surface area (Å²) in [4.78, 5) is 37.6. The SMILES string of the molecule is Cc1cccc(-c2nccc(Nc3ccnc(Cc4ccc(CN5CCC[C@H](C(=O)OCC6CNC6)C5)cc4)n3)n2)n1. The average Bonchev–Trinajstić information content (AvgIpc) is 2.98. The number of likely N-dealkylation sites (tertiary alicyclic amines) is 1. The smallest absolute Gasteiger partial charge is 0.310 e. The first-order valence-corrected chi connectivity index (χ1v) is 14.6. The number of piperidine rings is 1. The minimum absolute atomic E-state index is 0.0303. The molecule has 0 amide bonds. The molecule has 0 unspecified atom stereocenters. The van der Waals surface area contributed by atoms with E-state index in [4.69, 9.17) is 9.72 Å². The van der Waals surface area contributed by atoms with Crippen molar-refractivity contribution in [1.82, 2.24) is 35.1 Å². The Morgan fingerprint density at radius 2 is 1.76 bits per heavy atom. The maximum Gasteiger partial charge on any atom is 0.310 e. The Morgan fingerprint density at radius 3 is 2.55 bits per heavy atom. The highest BCUT2D eigenvalue weighted by Crippen LogP contribution is 2.22. The fourth-order valence-electron chi connectivity index (χ4n) is 5.28. The van der Waals surface area contributed by atoms with Crippen LogP contribution in [0.25, 0.3) is 11.5 Å². The number of ether oxygens (including phenoxy) is 1. The summed E-state index contributed by atoms with van der Waals surface area (Å²) in [6.07, 6.45) is 6.01. The van der Waals surface area contributed by atoms with Crippen LogP contribution in [0, 0.1) is 18.8 Å². The Balaban J connectivity index is 1.02. The van der Waals surface area contributed by atoms with Gasteiger partial charge in [0.2, 0.25) is 0 Å². The van der Waals surface area contributed by atoms with E-state index in [-0.39, 0.29) is 11.9 Å². The van der Waals surface area contributed by atoms with Crippen LogP contribution in [0.15, 0.2) is 67.0 Å². The van der Waals surface area contributed by atoms with Crippen molar-refractivity contribution in [3.8, 4) is 11.5 Å². The van der Waals surface area contributed by atoms with Crippen LogP contribution >= 0.6 is 0 Å². The summed E-state index contributed by atoms with van der Waals surface area (Å²) < 4.78 is 5.59. The topological polar surface area (TPSA) is 118 Å². The summed E-state index contributed by atoms with van der Waals surface area (Å²) in [5, 5.41) is 6.49. The van der Waals surface area contributed by atoms with Crippen LogP contribution in [0.1, 0.15) is 35.5 Å². The lowest BCUT2D eigenvalue weighted by Gasteiger charge is -2.32. The van der Waals surface area contributed by atoms with E-state index in [1.54, 1.807) is 18.5 Å². The van der Waals surface area contributed by atoms with E-state index in [1.807, 2.05) is 31.2 Å². The number of anilines is 2. The van der Waals surface area contributed by atoms with Gasteiger partial charge in [-0.05, 0) is 61.7 Å². The molecule has 0 saturated carbocycles. The predicted molar refractivity (Wildman–Crippen MR) is 160 cm³/mol. The average molecular weight is 565 g/mol. The molecule has 0 bridgehead atoms. The number of rotatable bonds is 10. The zero-order valence-electron chi connectivity index (χ0n) is 23.9. The Labute approximate surface area is 246 Å². The second kappa shape index (κ2) is 13.1.